The second-order valence-electron chi connectivity index (χ2n) is 7.37. The number of ether oxygens (including phenoxy) is 2. The molecule has 1 amide bonds. The zero-order valence-electron chi connectivity index (χ0n) is 15.9. The smallest absolute Gasteiger partial charge is 0.311 e. The fourth-order valence-electron chi connectivity index (χ4n) is 4.00. The molecule has 1 saturated heterocycles. The molecule has 1 aromatic rings. The molecule has 0 N–H and O–H groups in total. The van der Waals surface area contributed by atoms with E-state index in [1.165, 1.54) is 30.7 Å². The number of nitrogens with zero attached hydrogens (tertiary/aromatic N) is 2. The molecular formula is C20H26N2O6. The van der Waals surface area contributed by atoms with E-state index in [4.69, 9.17) is 9.47 Å². The Morgan fingerprint density at radius 2 is 1.79 bits per heavy atom. The summed E-state index contributed by atoms with van der Waals surface area (Å²) in [6, 6.07) is 5.38. The average Bonchev–Trinajstić information content (AvgIpc) is 2.73. The zero-order valence-corrected chi connectivity index (χ0v) is 15.9. The van der Waals surface area contributed by atoms with E-state index in [0.717, 1.165) is 25.7 Å². The van der Waals surface area contributed by atoms with Crippen LogP contribution in [0.5, 0.6) is 5.75 Å². The van der Waals surface area contributed by atoms with Crippen molar-refractivity contribution in [2.75, 3.05) is 26.3 Å². The summed E-state index contributed by atoms with van der Waals surface area (Å²) in [6.45, 7) is 2.16. The number of amides is 1. The minimum Gasteiger partial charge on any atom is -0.427 e. The lowest BCUT2D eigenvalue weighted by Gasteiger charge is -2.35. The highest BCUT2D eigenvalue weighted by Crippen LogP contribution is 2.33. The van der Waals surface area contributed by atoms with Gasteiger partial charge in [0.15, 0.2) is 0 Å². The third-order valence-corrected chi connectivity index (χ3v) is 5.52. The molecule has 1 atom stereocenters. The van der Waals surface area contributed by atoms with E-state index in [1.807, 2.05) is 0 Å². The first-order chi connectivity index (χ1) is 13.5. The van der Waals surface area contributed by atoms with Crippen LogP contribution < -0.4 is 4.74 Å². The fourth-order valence-corrected chi connectivity index (χ4v) is 4.00. The Kier molecular flexibility index (Phi) is 6.97. The molecule has 1 aliphatic carbocycles. The summed E-state index contributed by atoms with van der Waals surface area (Å²) in [6.07, 6.45) is 5.25. The molecule has 0 radical (unpaired) electrons. The van der Waals surface area contributed by atoms with Gasteiger partial charge in [-0.1, -0.05) is 19.3 Å². The highest BCUT2D eigenvalue weighted by atomic mass is 16.6. The Balaban J connectivity index is 1.66. The molecule has 1 aliphatic heterocycles. The largest absolute Gasteiger partial charge is 0.427 e. The summed E-state index contributed by atoms with van der Waals surface area (Å²) < 4.78 is 10.7. The molecule has 2 fully saturated rings. The fraction of sp³-hybridized carbons (Fsp3) is 0.600. The lowest BCUT2D eigenvalue weighted by molar-refractivity contribution is -0.384. The third-order valence-electron chi connectivity index (χ3n) is 5.52. The number of morpholine rings is 1. The van der Waals surface area contributed by atoms with Gasteiger partial charge in [-0.15, -0.1) is 0 Å². The Labute approximate surface area is 163 Å². The molecule has 8 heteroatoms. The molecule has 1 saturated carbocycles. The van der Waals surface area contributed by atoms with Crippen LogP contribution in [0.3, 0.4) is 0 Å². The van der Waals surface area contributed by atoms with Gasteiger partial charge in [0.1, 0.15) is 5.75 Å². The van der Waals surface area contributed by atoms with Gasteiger partial charge < -0.3 is 14.4 Å². The van der Waals surface area contributed by atoms with E-state index in [1.54, 1.807) is 4.90 Å². The number of hydrogen-bond donors (Lipinski definition) is 0. The summed E-state index contributed by atoms with van der Waals surface area (Å²) in [5.74, 6) is -0.420. The van der Waals surface area contributed by atoms with Crippen LogP contribution in [0.25, 0.3) is 0 Å². The number of nitro groups is 1. The Morgan fingerprint density at radius 3 is 2.39 bits per heavy atom. The van der Waals surface area contributed by atoms with Crippen molar-refractivity contribution in [1.82, 2.24) is 4.90 Å². The van der Waals surface area contributed by atoms with Crippen LogP contribution in [0.4, 0.5) is 5.69 Å². The quantitative estimate of drug-likeness (QED) is 0.320. The number of benzene rings is 1. The summed E-state index contributed by atoms with van der Waals surface area (Å²) in [7, 11) is 0. The van der Waals surface area contributed by atoms with Gasteiger partial charge in [-0.2, -0.15) is 0 Å². The normalized spacial score (nSPS) is 19.1. The van der Waals surface area contributed by atoms with Crippen molar-refractivity contribution in [1.29, 1.82) is 0 Å². The predicted molar refractivity (Wildman–Crippen MR) is 101 cm³/mol. The van der Waals surface area contributed by atoms with E-state index >= 15 is 0 Å². The zero-order chi connectivity index (χ0) is 19.9. The first-order valence-corrected chi connectivity index (χ1v) is 9.86. The van der Waals surface area contributed by atoms with E-state index in [0.29, 0.717) is 26.3 Å². The van der Waals surface area contributed by atoms with Crippen LogP contribution in [0.1, 0.15) is 38.5 Å². The minimum absolute atomic E-state index is 0.0100. The van der Waals surface area contributed by atoms with Crippen molar-refractivity contribution < 1.29 is 24.0 Å². The van der Waals surface area contributed by atoms with E-state index in [-0.39, 0.29) is 35.6 Å². The molecule has 0 unspecified atom stereocenters. The van der Waals surface area contributed by atoms with Crippen LogP contribution >= 0.6 is 0 Å². The van der Waals surface area contributed by atoms with E-state index < -0.39 is 10.9 Å². The number of rotatable bonds is 6. The number of esters is 1. The van der Waals surface area contributed by atoms with Crippen molar-refractivity contribution >= 4 is 17.6 Å². The molecule has 1 aromatic carbocycles. The van der Waals surface area contributed by atoms with Gasteiger partial charge in [0.05, 0.1) is 30.5 Å². The molecule has 28 heavy (non-hydrogen) atoms. The number of carbonyl (C=O) groups is 2. The maximum atomic E-state index is 13.1. The maximum Gasteiger partial charge on any atom is 0.311 e. The van der Waals surface area contributed by atoms with Crippen LogP contribution in [-0.2, 0) is 14.3 Å². The lowest BCUT2D eigenvalue weighted by Crippen LogP contribution is -2.46. The molecule has 3 rings (SSSR count). The molecule has 0 bridgehead atoms. The van der Waals surface area contributed by atoms with Gasteiger partial charge in [0.25, 0.3) is 5.69 Å². The van der Waals surface area contributed by atoms with Gasteiger partial charge in [-0.3, -0.25) is 19.7 Å². The molecule has 2 aliphatic rings. The van der Waals surface area contributed by atoms with E-state index in [2.05, 4.69) is 0 Å². The van der Waals surface area contributed by atoms with Crippen molar-refractivity contribution in [3.05, 3.63) is 34.4 Å². The van der Waals surface area contributed by atoms with Gasteiger partial charge in [0, 0.05) is 25.2 Å². The Bertz CT molecular complexity index is 693. The van der Waals surface area contributed by atoms with Crippen LogP contribution in [0.15, 0.2) is 24.3 Å². The summed E-state index contributed by atoms with van der Waals surface area (Å²) >= 11 is 0. The summed E-state index contributed by atoms with van der Waals surface area (Å²) in [4.78, 5) is 37.6. The van der Waals surface area contributed by atoms with Crippen molar-refractivity contribution in [3.63, 3.8) is 0 Å². The van der Waals surface area contributed by atoms with Crippen LogP contribution in [0.2, 0.25) is 0 Å². The summed E-state index contributed by atoms with van der Waals surface area (Å²) in [5, 5.41) is 10.7. The monoisotopic (exact) mass is 390 g/mol. The van der Waals surface area contributed by atoms with Gasteiger partial charge in [0.2, 0.25) is 5.91 Å². The topological polar surface area (TPSA) is 99.0 Å². The number of non-ortho nitro benzene ring substituents is 1. The van der Waals surface area contributed by atoms with Crippen LogP contribution in [-0.4, -0.2) is 48.0 Å². The SMILES string of the molecule is O=C(C[C@H](C(=O)N1CCOCC1)C1CCCCC1)Oc1ccc([N+](=O)[O-])cc1. The summed E-state index contributed by atoms with van der Waals surface area (Å²) in [5.41, 5.74) is -0.0672. The lowest BCUT2D eigenvalue weighted by atomic mass is 9.77. The number of carbonyl (C=O) groups excluding carboxylic acids is 2. The second kappa shape index (κ2) is 9.64. The highest BCUT2D eigenvalue weighted by molar-refractivity contribution is 5.85. The third kappa shape index (κ3) is 5.28. The number of hydrogen-bond acceptors (Lipinski definition) is 6. The minimum atomic E-state index is -0.508. The van der Waals surface area contributed by atoms with Crippen molar-refractivity contribution in [2.24, 2.45) is 11.8 Å². The van der Waals surface area contributed by atoms with Crippen molar-refractivity contribution in [2.45, 2.75) is 38.5 Å². The van der Waals surface area contributed by atoms with Gasteiger partial charge in [-0.05, 0) is 30.9 Å². The maximum absolute atomic E-state index is 13.1. The Hall–Kier alpha value is -2.48. The average molecular weight is 390 g/mol. The predicted octanol–water partition coefficient (Wildman–Crippen LogP) is 2.95. The molecule has 1 heterocycles. The molecule has 8 nitrogen and oxygen atoms in total. The molecule has 152 valence electrons. The standard InChI is InChI=1S/C20H26N2O6/c23-19(28-17-8-6-16(7-9-17)22(25)26)14-18(15-4-2-1-3-5-15)20(24)21-10-12-27-13-11-21/h6-9,15,18H,1-5,10-14H2/t18-/m0/s1. The second-order valence-corrected chi connectivity index (χ2v) is 7.37. The molecule has 0 spiro atoms. The first-order valence-electron chi connectivity index (χ1n) is 9.86. The van der Waals surface area contributed by atoms with Crippen LogP contribution in [0, 0.1) is 22.0 Å². The molecular weight excluding hydrogens is 364 g/mol. The number of nitro benzene ring substituents is 1. The molecule has 0 aromatic heterocycles. The van der Waals surface area contributed by atoms with Gasteiger partial charge >= 0.3 is 5.97 Å². The van der Waals surface area contributed by atoms with E-state index in [9.17, 15) is 19.7 Å². The highest BCUT2D eigenvalue weighted by Gasteiger charge is 2.35. The van der Waals surface area contributed by atoms with Crippen molar-refractivity contribution in [3.8, 4) is 5.75 Å². The first kappa shape index (κ1) is 20.3. The van der Waals surface area contributed by atoms with Gasteiger partial charge in [-0.25, -0.2) is 0 Å². The Morgan fingerprint density at radius 1 is 1.14 bits per heavy atom.